The summed E-state index contributed by atoms with van der Waals surface area (Å²) in [6, 6.07) is 3.95. The summed E-state index contributed by atoms with van der Waals surface area (Å²) < 4.78 is 32.0. The number of methoxy groups -OCH3 is 1. The Hall–Kier alpha value is -2.51. The van der Waals surface area contributed by atoms with Gasteiger partial charge in [0.1, 0.15) is 0 Å². The molecule has 1 aromatic carbocycles. The van der Waals surface area contributed by atoms with Gasteiger partial charge >= 0.3 is 5.97 Å². The fraction of sp³-hybridized carbons (Fsp3) is 0.550. The number of piperidine rings is 1. The lowest BCUT2D eigenvalue weighted by molar-refractivity contribution is -0.147. The second-order valence-electron chi connectivity index (χ2n) is 7.46. The highest BCUT2D eigenvalue weighted by molar-refractivity contribution is 5.87. The molecule has 2 heterocycles. The van der Waals surface area contributed by atoms with Crippen LogP contribution in [-0.2, 0) is 25.7 Å². The SMILES string of the molecule is COC(=O)CCC(=O)N1CC[C@]2(CCCN(Cc3cccc(F)c3F)C2=O)C1. The zero-order chi connectivity index (χ0) is 20.3. The number of likely N-dealkylation sites (tertiary alicyclic amines) is 2. The van der Waals surface area contributed by atoms with Crippen LogP contribution in [0, 0.1) is 17.0 Å². The number of nitrogens with zero attached hydrogens (tertiary/aromatic N) is 2. The monoisotopic (exact) mass is 394 g/mol. The quantitative estimate of drug-likeness (QED) is 0.719. The van der Waals surface area contributed by atoms with E-state index >= 15 is 0 Å². The minimum atomic E-state index is -0.931. The van der Waals surface area contributed by atoms with E-state index in [1.165, 1.54) is 19.2 Å². The highest BCUT2D eigenvalue weighted by Crippen LogP contribution is 2.40. The van der Waals surface area contributed by atoms with E-state index in [0.717, 1.165) is 12.5 Å². The van der Waals surface area contributed by atoms with Gasteiger partial charge in [0.05, 0.1) is 18.9 Å². The molecular weight excluding hydrogens is 370 g/mol. The summed E-state index contributed by atoms with van der Waals surface area (Å²) in [7, 11) is 1.27. The van der Waals surface area contributed by atoms with Gasteiger partial charge in [-0.2, -0.15) is 0 Å². The van der Waals surface area contributed by atoms with Gasteiger partial charge in [0.2, 0.25) is 11.8 Å². The molecular formula is C20H24F2N2O4. The Labute approximate surface area is 162 Å². The topological polar surface area (TPSA) is 66.9 Å². The van der Waals surface area contributed by atoms with Crippen molar-refractivity contribution in [3.05, 3.63) is 35.4 Å². The lowest BCUT2D eigenvalue weighted by Crippen LogP contribution is -2.50. The van der Waals surface area contributed by atoms with E-state index in [1.54, 1.807) is 9.80 Å². The van der Waals surface area contributed by atoms with Gasteiger partial charge in [0.25, 0.3) is 0 Å². The molecule has 152 valence electrons. The molecule has 2 aliphatic heterocycles. The van der Waals surface area contributed by atoms with Crippen LogP contribution in [0.25, 0.3) is 0 Å². The minimum Gasteiger partial charge on any atom is -0.469 e. The number of carbonyl (C=O) groups is 3. The van der Waals surface area contributed by atoms with Gasteiger partial charge in [-0.05, 0) is 25.3 Å². The van der Waals surface area contributed by atoms with Crippen molar-refractivity contribution in [3.8, 4) is 0 Å². The third-order valence-corrected chi connectivity index (χ3v) is 5.69. The number of halogens is 2. The summed E-state index contributed by atoms with van der Waals surface area (Å²) in [5.74, 6) is -2.60. The average Bonchev–Trinajstić information content (AvgIpc) is 3.12. The number of esters is 1. The van der Waals surface area contributed by atoms with Crippen molar-refractivity contribution >= 4 is 17.8 Å². The van der Waals surface area contributed by atoms with E-state index in [0.29, 0.717) is 32.5 Å². The van der Waals surface area contributed by atoms with E-state index in [4.69, 9.17) is 0 Å². The van der Waals surface area contributed by atoms with Gasteiger partial charge in [-0.15, -0.1) is 0 Å². The summed E-state index contributed by atoms with van der Waals surface area (Å²) in [6.07, 6.45) is 2.01. The van der Waals surface area contributed by atoms with Gasteiger partial charge in [-0.1, -0.05) is 12.1 Å². The second kappa shape index (κ2) is 8.24. The Morgan fingerprint density at radius 2 is 1.96 bits per heavy atom. The van der Waals surface area contributed by atoms with Crippen LogP contribution < -0.4 is 0 Å². The number of amides is 2. The molecule has 3 rings (SSSR count). The maximum absolute atomic E-state index is 14.0. The van der Waals surface area contributed by atoms with E-state index < -0.39 is 23.0 Å². The molecule has 28 heavy (non-hydrogen) atoms. The number of hydrogen-bond acceptors (Lipinski definition) is 4. The Balaban J connectivity index is 1.66. The molecule has 2 fully saturated rings. The predicted octanol–water partition coefficient (Wildman–Crippen LogP) is 2.26. The summed E-state index contributed by atoms with van der Waals surface area (Å²) in [5.41, 5.74) is -0.530. The first-order valence-corrected chi connectivity index (χ1v) is 9.43. The first-order chi connectivity index (χ1) is 13.4. The van der Waals surface area contributed by atoms with E-state index in [-0.39, 0.29) is 36.8 Å². The molecule has 0 N–H and O–H groups in total. The molecule has 0 aliphatic carbocycles. The van der Waals surface area contributed by atoms with E-state index in [9.17, 15) is 23.2 Å². The average molecular weight is 394 g/mol. The normalized spacial score (nSPS) is 22.0. The zero-order valence-electron chi connectivity index (χ0n) is 15.9. The molecule has 0 aromatic heterocycles. The maximum atomic E-state index is 14.0. The molecule has 2 aliphatic rings. The molecule has 0 bridgehead atoms. The van der Waals surface area contributed by atoms with Gasteiger partial charge in [0.15, 0.2) is 11.6 Å². The molecule has 1 atom stereocenters. The van der Waals surface area contributed by atoms with Crippen molar-refractivity contribution in [1.29, 1.82) is 0 Å². The Morgan fingerprint density at radius 3 is 2.71 bits per heavy atom. The van der Waals surface area contributed by atoms with Crippen LogP contribution in [0.5, 0.6) is 0 Å². The summed E-state index contributed by atoms with van der Waals surface area (Å²) in [4.78, 5) is 39.9. The molecule has 6 nitrogen and oxygen atoms in total. The molecule has 8 heteroatoms. The van der Waals surface area contributed by atoms with Crippen molar-refractivity contribution in [2.24, 2.45) is 5.41 Å². The first-order valence-electron chi connectivity index (χ1n) is 9.43. The number of benzene rings is 1. The Kier molecular flexibility index (Phi) is 5.96. The molecule has 0 unspecified atom stereocenters. The van der Waals surface area contributed by atoms with Crippen LogP contribution >= 0.6 is 0 Å². The Morgan fingerprint density at radius 1 is 1.18 bits per heavy atom. The van der Waals surface area contributed by atoms with Gasteiger partial charge in [0, 0.05) is 38.2 Å². The number of hydrogen-bond donors (Lipinski definition) is 0. The van der Waals surface area contributed by atoms with Crippen LogP contribution in [0.2, 0.25) is 0 Å². The molecule has 2 amide bonds. The Bertz CT molecular complexity index is 785. The van der Waals surface area contributed by atoms with Crippen LogP contribution in [-0.4, -0.2) is 54.3 Å². The van der Waals surface area contributed by atoms with Crippen molar-refractivity contribution < 1.29 is 27.9 Å². The number of rotatable bonds is 5. The first kappa shape index (κ1) is 20.2. The fourth-order valence-electron chi connectivity index (χ4n) is 4.11. The zero-order valence-corrected chi connectivity index (χ0v) is 15.9. The third kappa shape index (κ3) is 4.00. The number of carbonyl (C=O) groups excluding carboxylic acids is 3. The van der Waals surface area contributed by atoms with E-state index in [2.05, 4.69) is 4.74 Å². The molecule has 0 radical (unpaired) electrons. The molecule has 1 spiro atoms. The van der Waals surface area contributed by atoms with Crippen LogP contribution in [0.4, 0.5) is 8.78 Å². The van der Waals surface area contributed by atoms with Crippen molar-refractivity contribution in [2.45, 2.75) is 38.6 Å². The second-order valence-corrected chi connectivity index (χ2v) is 7.46. The molecule has 0 saturated carbocycles. The lowest BCUT2D eigenvalue weighted by atomic mass is 9.78. The highest BCUT2D eigenvalue weighted by atomic mass is 19.2. The largest absolute Gasteiger partial charge is 0.469 e. The number of ether oxygens (including phenoxy) is 1. The summed E-state index contributed by atoms with van der Waals surface area (Å²) in [6.45, 7) is 1.25. The lowest BCUT2D eigenvalue weighted by Gasteiger charge is -2.39. The summed E-state index contributed by atoms with van der Waals surface area (Å²) >= 11 is 0. The van der Waals surface area contributed by atoms with E-state index in [1.807, 2.05) is 0 Å². The third-order valence-electron chi connectivity index (χ3n) is 5.69. The van der Waals surface area contributed by atoms with Crippen molar-refractivity contribution in [1.82, 2.24) is 9.80 Å². The van der Waals surface area contributed by atoms with Gasteiger partial charge < -0.3 is 14.5 Å². The summed E-state index contributed by atoms with van der Waals surface area (Å²) in [5, 5.41) is 0. The van der Waals surface area contributed by atoms with Gasteiger partial charge in [-0.3, -0.25) is 14.4 Å². The standard InChI is InChI=1S/C20H24F2N2O4/c1-28-17(26)7-6-16(25)24-11-9-20(13-24)8-3-10-23(19(20)27)12-14-4-2-5-15(21)18(14)22/h2,4-5H,3,6-13H2,1H3/t20-/m1/s1. The van der Waals surface area contributed by atoms with Crippen molar-refractivity contribution in [3.63, 3.8) is 0 Å². The minimum absolute atomic E-state index is 0.0117. The van der Waals surface area contributed by atoms with Crippen molar-refractivity contribution in [2.75, 3.05) is 26.7 Å². The maximum Gasteiger partial charge on any atom is 0.306 e. The highest BCUT2D eigenvalue weighted by Gasteiger charge is 2.49. The van der Waals surface area contributed by atoms with Gasteiger partial charge in [-0.25, -0.2) is 8.78 Å². The van der Waals surface area contributed by atoms with Crippen LogP contribution in [0.15, 0.2) is 18.2 Å². The molecule has 1 aromatic rings. The van der Waals surface area contributed by atoms with Crippen LogP contribution in [0.1, 0.15) is 37.7 Å². The molecule has 2 saturated heterocycles. The fourth-order valence-corrected chi connectivity index (χ4v) is 4.11. The predicted molar refractivity (Wildman–Crippen MR) is 95.9 cm³/mol. The smallest absolute Gasteiger partial charge is 0.306 e. The van der Waals surface area contributed by atoms with Crippen LogP contribution in [0.3, 0.4) is 0 Å².